The molecule has 0 aliphatic heterocycles. The van der Waals surface area contributed by atoms with E-state index in [1.807, 2.05) is 24.3 Å². The molecule has 5 heteroatoms. The Kier molecular flexibility index (Phi) is 6.34. The minimum Gasteiger partial charge on any atom is -0.357 e. The summed E-state index contributed by atoms with van der Waals surface area (Å²) in [6.07, 6.45) is 2.43. The van der Waals surface area contributed by atoms with Crippen LogP contribution in [0.1, 0.15) is 41.3 Å². The van der Waals surface area contributed by atoms with Crippen molar-refractivity contribution in [3.8, 4) is 0 Å². The van der Waals surface area contributed by atoms with Crippen LogP contribution in [0.2, 0.25) is 0 Å². The third kappa shape index (κ3) is 4.91. The van der Waals surface area contributed by atoms with E-state index in [1.54, 1.807) is 19.0 Å². The maximum Gasteiger partial charge on any atom is 0.253 e. The lowest BCUT2D eigenvalue weighted by molar-refractivity contribution is 0.0827. The van der Waals surface area contributed by atoms with Crippen molar-refractivity contribution in [2.24, 2.45) is 4.99 Å². The first-order valence-corrected chi connectivity index (χ1v) is 9.92. The molecule has 0 aromatic heterocycles. The molecule has 0 spiro atoms. The van der Waals surface area contributed by atoms with Gasteiger partial charge in [-0.25, -0.2) is 4.99 Å². The summed E-state index contributed by atoms with van der Waals surface area (Å²) in [4.78, 5) is 18.3. The van der Waals surface area contributed by atoms with Crippen LogP contribution in [-0.4, -0.2) is 44.0 Å². The predicted octanol–water partition coefficient (Wildman–Crippen LogP) is 3.18. The summed E-state index contributed by atoms with van der Waals surface area (Å²) < 4.78 is 0. The van der Waals surface area contributed by atoms with E-state index in [1.165, 1.54) is 18.4 Å². The van der Waals surface area contributed by atoms with Crippen LogP contribution in [0.15, 0.2) is 59.6 Å². The second-order valence-electron chi connectivity index (χ2n) is 7.59. The highest BCUT2D eigenvalue weighted by atomic mass is 16.2. The van der Waals surface area contributed by atoms with Crippen LogP contribution >= 0.6 is 0 Å². The average molecular weight is 379 g/mol. The Bertz CT molecular complexity index is 808. The fraction of sp³-hybridized carbons (Fsp3) is 0.391. The van der Waals surface area contributed by atoms with E-state index >= 15 is 0 Å². The maximum absolute atomic E-state index is 12.0. The van der Waals surface area contributed by atoms with Gasteiger partial charge >= 0.3 is 0 Å². The van der Waals surface area contributed by atoms with Gasteiger partial charge in [-0.2, -0.15) is 0 Å². The molecule has 0 bridgehead atoms. The monoisotopic (exact) mass is 378 g/mol. The van der Waals surface area contributed by atoms with Gasteiger partial charge in [0, 0.05) is 38.2 Å². The van der Waals surface area contributed by atoms with Crippen molar-refractivity contribution >= 4 is 11.9 Å². The van der Waals surface area contributed by atoms with Gasteiger partial charge in [0.05, 0.1) is 6.54 Å². The zero-order valence-corrected chi connectivity index (χ0v) is 17.0. The third-order valence-electron chi connectivity index (χ3n) is 5.20. The molecule has 5 nitrogen and oxygen atoms in total. The van der Waals surface area contributed by atoms with Crippen LogP contribution in [0, 0.1) is 0 Å². The number of carbonyl (C=O) groups excluding carboxylic acids is 1. The van der Waals surface area contributed by atoms with E-state index in [9.17, 15) is 4.79 Å². The van der Waals surface area contributed by atoms with E-state index in [-0.39, 0.29) is 11.3 Å². The number of rotatable bonds is 7. The van der Waals surface area contributed by atoms with E-state index in [0.717, 1.165) is 24.6 Å². The molecule has 0 saturated heterocycles. The van der Waals surface area contributed by atoms with E-state index in [0.29, 0.717) is 12.1 Å². The average Bonchev–Trinajstić information content (AvgIpc) is 3.52. The molecule has 1 aliphatic rings. The van der Waals surface area contributed by atoms with Gasteiger partial charge in [0.2, 0.25) is 0 Å². The van der Waals surface area contributed by atoms with Crippen LogP contribution < -0.4 is 10.6 Å². The van der Waals surface area contributed by atoms with Crippen molar-refractivity contribution in [2.45, 2.75) is 31.7 Å². The van der Waals surface area contributed by atoms with Crippen LogP contribution in [-0.2, 0) is 12.0 Å². The lowest BCUT2D eigenvalue weighted by Crippen LogP contribution is -2.41. The summed E-state index contributed by atoms with van der Waals surface area (Å²) in [6, 6.07) is 18.4. The third-order valence-corrected chi connectivity index (χ3v) is 5.20. The molecule has 28 heavy (non-hydrogen) atoms. The predicted molar refractivity (Wildman–Crippen MR) is 115 cm³/mol. The van der Waals surface area contributed by atoms with Crippen molar-refractivity contribution in [2.75, 3.05) is 27.2 Å². The largest absolute Gasteiger partial charge is 0.357 e. The first-order chi connectivity index (χ1) is 13.5. The Balaban J connectivity index is 1.61. The number of aliphatic imine (C=N–C) groups is 1. The Morgan fingerprint density at radius 1 is 1.04 bits per heavy atom. The summed E-state index contributed by atoms with van der Waals surface area (Å²) >= 11 is 0. The SMILES string of the molecule is CCNC(=NCc1ccc(C(=O)N(C)C)cc1)NCC1(c2ccccc2)CC1. The van der Waals surface area contributed by atoms with Gasteiger partial charge in [-0.1, -0.05) is 42.5 Å². The van der Waals surface area contributed by atoms with Crippen molar-refractivity contribution in [3.05, 3.63) is 71.3 Å². The van der Waals surface area contributed by atoms with Crippen LogP contribution in [0.3, 0.4) is 0 Å². The van der Waals surface area contributed by atoms with Gasteiger partial charge in [0.15, 0.2) is 5.96 Å². The van der Waals surface area contributed by atoms with Crippen LogP contribution in [0.4, 0.5) is 0 Å². The normalized spacial score (nSPS) is 15.0. The summed E-state index contributed by atoms with van der Waals surface area (Å²) in [5.74, 6) is 0.846. The first-order valence-electron chi connectivity index (χ1n) is 9.92. The summed E-state index contributed by atoms with van der Waals surface area (Å²) in [6.45, 7) is 4.35. The number of nitrogens with one attached hydrogen (secondary N) is 2. The Labute approximate surface area is 167 Å². The molecule has 148 valence electrons. The number of hydrogen-bond acceptors (Lipinski definition) is 2. The van der Waals surface area contributed by atoms with Gasteiger partial charge < -0.3 is 15.5 Å². The highest BCUT2D eigenvalue weighted by Crippen LogP contribution is 2.47. The highest BCUT2D eigenvalue weighted by molar-refractivity contribution is 5.93. The Morgan fingerprint density at radius 3 is 2.29 bits per heavy atom. The minimum atomic E-state index is 0.0145. The van der Waals surface area contributed by atoms with E-state index in [4.69, 9.17) is 4.99 Å². The van der Waals surface area contributed by atoms with Crippen LogP contribution in [0.5, 0.6) is 0 Å². The Morgan fingerprint density at radius 2 is 1.71 bits per heavy atom. The molecule has 1 amide bonds. The van der Waals surface area contributed by atoms with Crippen LogP contribution in [0.25, 0.3) is 0 Å². The number of nitrogens with zero attached hydrogens (tertiary/aromatic N) is 2. The summed E-state index contributed by atoms with van der Waals surface area (Å²) in [5.41, 5.74) is 3.42. The number of hydrogen-bond donors (Lipinski definition) is 2. The van der Waals surface area contributed by atoms with Crippen molar-refractivity contribution in [3.63, 3.8) is 0 Å². The molecule has 2 N–H and O–H groups in total. The maximum atomic E-state index is 12.0. The van der Waals surface area contributed by atoms with Crippen molar-refractivity contribution < 1.29 is 4.79 Å². The van der Waals surface area contributed by atoms with Gasteiger partial charge in [-0.15, -0.1) is 0 Å². The standard InChI is InChI=1S/C23H30N4O/c1-4-24-22(26-17-23(14-15-23)20-8-6-5-7-9-20)25-16-18-10-12-19(13-11-18)21(28)27(2)3/h5-13H,4,14-17H2,1-3H3,(H2,24,25,26). The lowest BCUT2D eigenvalue weighted by atomic mass is 9.96. The van der Waals surface area contributed by atoms with Gasteiger partial charge in [0.1, 0.15) is 0 Å². The second-order valence-corrected chi connectivity index (χ2v) is 7.59. The van der Waals surface area contributed by atoms with Gasteiger partial charge in [-0.3, -0.25) is 4.79 Å². The zero-order chi connectivity index (χ0) is 20.0. The molecule has 2 aromatic carbocycles. The minimum absolute atomic E-state index is 0.0145. The number of guanidine groups is 1. The fourth-order valence-corrected chi connectivity index (χ4v) is 3.29. The number of benzene rings is 2. The quantitative estimate of drug-likeness (QED) is 0.575. The molecular formula is C23H30N4O. The number of carbonyl (C=O) groups is 1. The first kappa shape index (κ1) is 19.9. The fourth-order valence-electron chi connectivity index (χ4n) is 3.29. The molecule has 0 radical (unpaired) electrons. The molecule has 0 atom stereocenters. The topological polar surface area (TPSA) is 56.7 Å². The van der Waals surface area contributed by atoms with Crippen molar-refractivity contribution in [1.29, 1.82) is 0 Å². The Hall–Kier alpha value is -2.82. The molecule has 1 saturated carbocycles. The van der Waals surface area contributed by atoms with Crippen molar-refractivity contribution in [1.82, 2.24) is 15.5 Å². The molecule has 1 fully saturated rings. The molecule has 2 aromatic rings. The lowest BCUT2D eigenvalue weighted by Gasteiger charge is -2.19. The molecule has 0 heterocycles. The van der Waals surface area contributed by atoms with Gasteiger partial charge in [0.25, 0.3) is 5.91 Å². The van der Waals surface area contributed by atoms with E-state index < -0.39 is 0 Å². The highest BCUT2D eigenvalue weighted by Gasteiger charge is 2.43. The molecule has 3 rings (SSSR count). The molecule has 1 aliphatic carbocycles. The second kappa shape index (κ2) is 8.91. The summed E-state index contributed by atoms with van der Waals surface area (Å²) in [5, 5.41) is 6.84. The van der Waals surface area contributed by atoms with E-state index in [2.05, 4.69) is 47.9 Å². The molecule has 0 unspecified atom stereocenters. The zero-order valence-electron chi connectivity index (χ0n) is 17.0. The summed E-state index contributed by atoms with van der Waals surface area (Å²) in [7, 11) is 3.52. The smallest absolute Gasteiger partial charge is 0.253 e. The number of amides is 1. The van der Waals surface area contributed by atoms with Gasteiger partial charge in [-0.05, 0) is 43.0 Å². The molecular weight excluding hydrogens is 348 g/mol.